The third-order valence-corrected chi connectivity index (χ3v) is 1.65. The molecule has 128 valence electrons. The van der Waals surface area contributed by atoms with Crippen molar-refractivity contribution in [2.45, 2.75) is 25.7 Å². The van der Waals surface area contributed by atoms with Crippen LogP contribution in [0.25, 0.3) is 0 Å². The van der Waals surface area contributed by atoms with Crippen LogP contribution in [-0.2, 0) is 9.47 Å². The molecule has 0 radical (unpaired) electrons. The van der Waals surface area contributed by atoms with Gasteiger partial charge in [-0.25, -0.2) is 0 Å². The number of halogens is 8. The van der Waals surface area contributed by atoms with Gasteiger partial charge in [0.2, 0.25) is 0 Å². The van der Waals surface area contributed by atoms with E-state index in [0.717, 1.165) is 26.4 Å². The molecule has 0 spiro atoms. The van der Waals surface area contributed by atoms with Crippen LogP contribution >= 0.6 is 23.1 Å². The van der Waals surface area contributed by atoms with E-state index < -0.39 is 23.1 Å². The summed E-state index contributed by atoms with van der Waals surface area (Å²) < 4.78 is 88.1. The van der Waals surface area contributed by atoms with Crippen molar-refractivity contribution in [3.63, 3.8) is 0 Å². The van der Waals surface area contributed by atoms with Crippen LogP contribution < -0.4 is 0 Å². The van der Waals surface area contributed by atoms with Crippen LogP contribution in [0.15, 0.2) is 0 Å². The first-order valence-corrected chi connectivity index (χ1v) is 7.86. The molecule has 2 heterocycles. The van der Waals surface area contributed by atoms with Gasteiger partial charge in [0, 0.05) is 26.4 Å². The Kier molecular flexibility index (Phi) is 14.3. The topological polar surface area (TPSA) is 18.5 Å². The summed E-state index contributed by atoms with van der Waals surface area (Å²) in [5.41, 5.74) is 0. The molecule has 12 heteroatoms. The predicted molar refractivity (Wildman–Crippen MR) is 64.2 cm³/mol. The standard InChI is InChI=1S/2C4H8O.2F4S/c2*1-2-4-5-3-1;2*1-5(2,3)4/h2*1-4H2;;. The van der Waals surface area contributed by atoms with Gasteiger partial charge in [0.25, 0.3) is 0 Å². The van der Waals surface area contributed by atoms with E-state index in [1.165, 1.54) is 25.7 Å². The predicted octanol–water partition coefficient (Wildman–Crippen LogP) is 6.25. The number of rotatable bonds is 0. The smallest absolute Gasteiger partial charge is 0.379 e. The second kappa shape index (κ2) is 12.8. The van der Waals surface area contributed by atoms with Gasteiger partial charge in [0.1, 0.15) is 0 Å². The summed E-state index contributed by atoms with van der Waals surface area (Å²) in [6.07, 6.45) is 5.11. The summed E-state index contributed by atoms with van der Waals surface area (Å²) in [6, 6.07) is 0. The Morgan fingerprint density at radius 3 is 0.650 bits per heavy atom. The second-order valence-electron chi connectivity index (χ2n) is 3.34. The lowest BCUT2D eigenvalue weighted by molar-refractivity contribution is 0.198. The highest BCUT2D eigenvalue weighted by molar-refractivity contribution is 8.16. The molecule has 0 unspecified atom stereocenters. The monoisotopic (exact) mass is 360 g/mol. The average Bonchev–Trinajstić information content (AvgIpc) is 2.92. The largest absolute Gasteiger partial charge is 0.381 e. The van der Waals surface area contributed by atoms with Crippen molar-refractivity contribution in [2.75, 3.05) is 26.4 Å². The average molecular weight is 360 g/mol. The molecule has 0 aromatic heterocycles. The van der Waals surface area contributed by atoms with E-state index in [1.54, 1.807) is 0 Å². The minimum absolute atomic E-state index is 1.00. The molecule has 0 aromatic carbocycles. The number of hydrogen-bond acceptors (Lipinski definition) is 2. The Balaban J connectivity index is 0. The van der Waals surface area contributed by atoms with Gasteiger partial charge in [0.05, 0.1) is 0 Å². The maximum atomic E-state index is 9.77. The Morgan fingerprint density at radius 2 is 0.600 bits per heavy atom. The summed E-state index contributed by atoms with van der Waals surface area (Å²) in [6.45, 7) is 4.00. The van der Waals surface area contributed by atoms with Crippen LogP contribution in [0.4, 0.5) is 31.1 Å². The fourth-order valence-corrected chi connectivity index (χ4v) is 1.02. The zero-order valence-corrected chi connectivity index (χ0v) is 11.9. The first kappa shape index (κ1) is 22.3. The van der Waals surface area contributed by atoms with Gasteiger partial charge < -0.3 is 9.47 Å². The molecule has 2 saturated heterocycles. The van der Waals surface area contributed by atoms with Crippen LogP contribution in [0.3, 0.4) is 0 Å². The Bertz CT molecular complexity index is 154. The van der Waals surface area contributed by atoms with E-state index in [9.17, 15) is 31.1 Å². The molecular weight excluding hydrogens is 344 g/mol. The lowest BCUT2D eigenvalue weighted by Crippen LogP contribution is -1.74. The Labute approximate surface area is 116 Å². The van der Waals surface area contributed by atoms with E-state index in [2.05, 4.69) is 0 Å². The highest BCUT2D eigenvalue weighted by Crippen LogP contribution is 2.54. The van der Waals surface area contributed by atoms with Crippen LogP contribution in [0.5, 0.6) is 0 Å². The van der Waals surface area contributed by atoms with Crippen molar-refractivity contribution in [1.82, 2.24) is 0 Å². The molecule has 0 saturated carbocycles. The van der Waals surface area contributed by atoms with E-state index in [0.29, 0.717) is 0 Å². The minimum Gasteiger partial charge on any atom is -0.381 e. The first-order chi connectivity index (χ1) is 9.00. The van der Waals surface area contributed by atoms with Crippen LogP contribution in [0.1, 0.15) is 25.7 Å². The Morgan fingerprint density at radius 1 is 0.450 bits per heavy atom. The van der Waals surface area contributed by atoms with Gasteiger partial charge >= 0.3 is 23.1 Å². The lowest BCUT2D eigenvalue weighted by atomic mass is 10.4. The van der Waals surface area contributed by atoms with Crippen molar-refractivity contribution >= 4 is 23.1 Å². The zero-order valence-electron chi connectivity index (χ0n) is 10.3. The summed E-state index contributed by atoms with van der Waals surface area (Å²) in [5.74, 6) is 0. The normalized spacial score (nSPS) is 19.6. The van der Waals surface area contributed by atoms with Crippen molar-refractivity contribution in [3.8, 4) is 0 Å². The Hall–Kier alpha value is 0.0600. The molecule has 0 amide bonds. The third kappa shape index (κ3) is 51.9. The fraction of sp³-hybridized carbons (Fsp3) is 1.00. The molecule has 2 aliphatic heterocycles. The van der Waals surface area contributed by atoms with Crippen LogP contribution in [0, 0.1) is 0 Å². The van der Waals surface area contributed by atoms with Gasteiger partial charge in [-0.15, -0.1) is 0 Å². The maximum absolute atomic E-state index is 9.77. The van der Waals surface area contributed by atoms with Crippen LogP contribution in [0.2, 0.25) is 0 Å². The lowest BCUT2D eigenvalue weighted by Gasteiger charge is -1.87. The first-order valence-electron chi connectivity index (χ1n) is 5.39. The zero-order chi connectivity index (χ0) is 16.1. The molecular formula is C8H16F8O2S2. The van der Waals surface area contributed by atoms with E-state index in [4.69, 9.17) is 9.47 Å². The summed E-state index contributed by atoms with van der Waals surface area (Å²) in [4.78, 5) is 0. The molecule has 0 N–H and O–H groups in total. The summed E-state index contributed by atoms with van der Waals surface area (Å²) >= 11 is -12.3. The molecule has 2 fully saturated rings. The van der Waals surface area contributed by atoms with Crippen molar-refractivity contribution in [3.05, 3.63) is 0 Å². The minimum atomic E-state index is -6.17. The van der Waals surface area contributed by atoms with Gasteiger partial charge in [-0.05, 0) is 25.7 Å². The quantitative estimate of drug-likeness (QED) is 0.475. The van der Waals surface area contributed by atoms with Crippen LogP contribution in [-0.4, -0.2) is 26.4 Å². The molecule has 0 atom stereocenters. The van der Waals surface area contributed by atoms with E-state index >= 15 is 0 Å². The van der Waals surface area contributed by atoms with Gasteiger partial charge in [0.15, 0.2) is 0 Å². The highest BCUT2D eigenvalue weighted by Gasteiger charge is 2.16. The third-order valence-electron chi connectivity index (χ3n) is 1.65. The molecule has 2 rings (SSSR count). The summed E-state index contributed by atoms with van der Waals surface area (Å²) in [7, 11) is 0. The fourth-order valence-electron chi connectivity index (χ4n) is 1.02. The molecule has 2 aliphatic rings. The van der Waals surface area contributed by atoms with Gasteiger partial charge in [-0.3, -0.25) is 0 Å². The van der Waals surface area contributed by atoms with Crippen molar-refractivity contribution < 1.29 is 40.6 Å². The van der Waals surface area contributed by atoms with Crippen molar-refractivity contribution in [1.29, 1.82) is 0 Å². The SMILES string of the molecule is C1CCOC1.C1CCOC1.FS(F)(F)F.FS(F)(F)F. The maximum Gasteiger partial charge on any atom is 0.379 e. The second-order valence-corrected chi connectivity index (χ2v) is 4.74. The molecule has 0 aromatic rings. The molecule has 2 nitrogen and oxygen atoms in total. The molecule has 0 bridgehead atoms. The van der Waals surface area contributed by atoms with Crippen molar-refractivity contribution in [2.24, 2.45) is 0 Å². The number of ether oxygens (including phenoxy) is 2. The van der Waals surface area contributed by atoms with Gasteiger partial charge in [-0.2, -0.15) is 0 Å². The number of hydrogen-bond donors (Lipinski definition) is 0. The van der Waals surface area contributed by atoms with E-state index in [-0.39, 0.29) is 0 Å². The highest BCUT2D eigenvalue weighted by atomic mass is 32.4. The van der Waals surface area contributed by atoms with Gasteiger partial charge in [-0.1, -0.05) is 31.1 Å². The summed E-state index contributed by atoms with van der Waals surface area (Å²) in [5, 5.41) is 0. The molecule has 0 aliphatic carbocycles. The van der Waals surface area contributed by atoms with E-state index in [1.807, 2.05) is 0 Å². The molecule has 20 heavy (non-hydrogen) atoms.